The van der Waals surface area contributed by atoms with Gasteiger partial charge in [-0.2, -0.15) is 35.1 Å². The molecule has 0 aromatic heterocycles. The van der Waals surface area contributed by atoms with Crippen molar-refractivity contribution in [1.29, 1.82) is 0 Å². The fourth-order valence-electron chi connectivity index (χ4n) is 1.09. The molecule has 0 aliphatic rings. The second-order valence-corrected chi connectivity index (χ2v) is 5.86. The van der Waals surface area contributed by atoms with Gasteiger partial charge in [0.1, 0.15) is 12.2 Å². The number of esters is 2. The molecule has 0 fully saturated rings. The number of hydrogen-bond donors (Lipinski definition) is 0. The van der Waals surface area contributed by atoms with Crippen LogP contribution in [0.25, 0.3) is 0 Å². The molecule has 17 heteroatoms. The van der Waals surface area contributed by atoms with Gasteiger partial charge < -0.3 is 18.8 Å². The summed E-state index contributed by atoms with van der Waals surface area (Å²) in [4.78, 5) is 22.5. The molecule has 0 radical (unpaired) electrons. The molecule has 8 nitrogen and oxygen atoms in total. The molecule has 0 spiro atoms. The maximum atomic E-state index is 13.1. The highest BCUT2D eigenvalue weighted by Gasteiger charge is 2.69. The van der Waals surface area contributed by atoms with Crippen molar-refractivity contribution < 1.29 is 71.9 Å². The van der Waals surface area contributed by atoms with Crippen LogP contribution in [0, 0.1) is 0 Å². The lowest BCUT2D eigenvalue weighted by Crippen LogP contribution is -2.59. The summed E-state index contributed by atoms with van der Waals surface area (Å²) in [6.07, 6.45) is -12.0. The minimum absolute atomic E-state index is 0.168. The average molecular weight is 439 g/mol. The zero-order chi connectivity index (χ0) is 22.1. The van der Waals surface area contributed by atoms with Gasteiger partial charge in [-0.05, 0) is 0 Å². The zero-order valence-corrected chi connectivity index (χ0v) is 13.4. The molecule has 0 aliphatic heterocycles. The molecular formula is C10H7F8O8S-. The Morgan fingerprint density at radius 1 is 1.04 bits per heavy atom. The molecule has 0 N–H and O–H groups in total. The lowest BCUT2D eigenvalue weighted by molar-refractivity contribution is -0.360. The van der Waals surface area contributed by atoms with E-state index in [0.29, 0.717) is 0 Å². The first-order valence-corrected chi connectivity index (χ1v) is 7.25. The van der Waals surface area contributed by atoms with Crippen LogP contribution in [0.15, 0.2) is 12.2 Å². The maximum Gasteiger partial charge on any atom is 0.468 e. The highest BCUT2D eigenvalue weighted by Crippen LogP contribution is 2.39. The summed E-state index contributed by atoms with van der Waals surface area (Å²) < 4.78 is 143. The number of halogens is 8. The first kappa shape index (κ1) is 25.0. The highest BCUT2D eigenvalue weighted by molar-refractivity contribution is 7.86. The molecule has 0 rings (SSSR count). The molecule has 0 amide bonds. The third-order valence-corrected chi connectivity index (χ3v) is 3.31. The predicted octanol–water partition coefficient (Wildman–Crippen LogP) is 1.23. The summed E-state index contributed by atoms with van der Waals surface area (Å²) in [6.45, 7) is -0.972. The summed E-state index contributed by atoms with van der Waals surface area (Å²) in [5.41, 5.74) is -2.60. The van der Waals surface area contributed by atoms with E-state index in [4.69, 9.17) is 0 Å². The second-order valence-electron chi connectivity index (χ2n) is 4.35. The number of carbonyl (C=O) groups is 2. The molecule has 0 aromatic rings. The van der Waals surface area contributed by atoms with E-state index >= 15 is 0 Å². The number of methoxy groups -OCH3 is 1. The van der Waals surface area contributed by atoms with Crippen LogP contribution >= 0.6 is 0 Å². The van der Waals surface area contributed by atoms with E-state index in [0.717, 1.165) is 0 Å². The maximum absolute atomic E-state index is 13.1. The Labute approximate surface area is 144 Å². The van der Waals surface area contributed by atoms with Crippen molar-refractivity contribution in [3.8, 4) is 0 Å². The number of carbonyl (C=O) groups excluding carboxylic acids is 2. The lowest BCUT2D eigenvalue weighted by Gasteiger charge is -2.33. The van der Waals surface area contributed by atoms with Crippen molar-refractivity contribution in [2.45, 2.75) is 23.4 Å². The van der Waals surface area contributed by atoms with Gasteiger partial charge in [-0.1, -0.05) is 6.58 Å². The Balaban J connectivity index is 6.15. The van der Waals surface area contributed by atoms with Gasteiger partial charge in [0.25, 0.3) is 0 Å². The Bertz CT molecular complexity index is 710. The van der Waals surface area contributed by atoms with Gasteiger partial charge in [-0.25, -0.2) is 18.0 Å². The van der Waals surface area contributed by atoms with Crippen LogP contribution in [-0.4, -0.2) is 62.0 Å². The molecular weight excluding hydrogens is 432 g/mol. The van der Waals surface area contributed by atoms with Crippen LogP contribution in [0.1, 0.15) is 0 Å². The SMILES string of the molecule is C=C(C(=O)OC(OCC(F)(F)S(=O)(=O)[O-])(C(=O)OC)C(F)(F)F)C(F)(F)F. The Kier molecular flexibility index (Phi) is 6.98. The van der Waals surface area contributed by atoms with Gasteiger partial charge in [-0.3, -0.25) is 0 Å². The van der Waals surface area contributed by atoms with E-state index in [2.05, 4.69) is 20.8 Å². The standard InChI is InChI=1S/C10H8F8O8S/c1-4(9(13,14)15)5(19)26-8(6(20)24-2,10(16,17)18)25-3-7(11,12)27(21,22)23/h1,3H2,2H3,(H,21,22,23)/p-1. The molecule has 158 valence electrons. The first-order chi connectivity index (χ1) is 11.7. The molecule has 0 saturated heterocycles. The number of ether oxygens (including phenoxy) is 3. The van der Waals surface area contributed by atoms with E-state index < -0.39 is 57.6 Å². The summed E-state index contributed by atoms with van der Waals surface area (Å²) in [6, 6.07) is 0. The van der Waals surface area contributed by atoms with E-state index in [1.54, 1.807) is 0 Å². The predicted molar refractivity (Wildman–Crippen MR) is 62.7 cm³/mol. The van der Waals surface area contributed by atoms with Crippen LogP contribution in [0.3, 0.4) is 0 Å². The average Bonchev–Trinajstić information content (AvgIpc) is 2.46. The van der Waals surface area contributed by atoms with Crippen molar-refractivity contribution in [2.75, 3.05) is 13.7 Å². The van der Waals surface area contributed by atoms with Crippen molar-refractivity contribution in [1.82, 2.24) is 0 Å². The lowest BCUT2D eigenvalue weighted by atomic mass is 10.2. The van der Waals surface area contributed by atoms with Crippen molar-refractivity contribution >= 4 is 22.1 Å². The molecule has 0 aromatic carbocycles. The highest BCUT2D eigenvalue weighted by atomic mass is 32.2. The minimum atomic E-state index is -6.64. The van der Waals surface area contributed by atoms with Crippen molar-refractivity contribution in [3.63, 3.8) is 0 Å². The van der Waals surface area contributed by atoms with E-state index in [1.807, 2.05) is 0 Å². The van der Waals surface area contributed by atoms with Crippen LogP contribution < -0.4 is 0 Å². The molecule has 0 bridgehead atoms. The largest absolute Gasteiger partial charge is 0.743 e. The van der Waals surface area contributed by atoms with Gasteiger partial charge in [0.05, 0.1) is 7.11 Å². The number of hydrogen-bond acceptors (Lipinski definition) is 8. The van der Waals surface area contributed by atoms with Crippen molar-refractivity contribution in [3.05, 3.63) is 12.2 Å². The first-order valence-electron chi connectivity index (χ1n) is 5.84. The Morgan fingerprint density at radius 3 is 1.78 bits per heavy atom. The van der Waals surface area contributed by atoms with E-state index in [-0.39, 0.29) is 7.11 Å². The molecule has 0 saturated carbocycles. The molecule has 1 atom stereocenters. The second kappa shape index (κ2) is 7.55. The van der Waals surface area contributed by atoms with Crippen molar-refractivity contribution in [2.24, 2.45) is 0 Å². The Hall–Kier alpha value is -2.01. The summed E-state index contributed by atoms with van der Waals surface area (Å²) >= 11 is 0. The van der Waals surface area contributed by atoms with Gasteiger partial charge in [0.15, 0.2) is 10.1 Å². The summed E-state index contributed by atoms with van der Waals surface area (Å²) in [7, 11) is -6.47. The topological polar surface area (TPSA) is 119 Å². The summed E-state index contributed by atoms with van der Waals surface area (Å²) in [5, 5.41) is -5.59. The smallest absolute Gasteiger partial charge is 0.468 e. The minimum Gasteiger partial charge on any atom is -0.743 e. The summed E-state index contributed by atoms with van der Waals surface area (Å²) in [5.74, 6) is -11.1. The van der Waals surface area contributed by atoms with Gasteiger partial charge in [-0.15, -0.1) is 0 Å². The fraction of sp³-hybridized carbons (Fsp3) is 0.600. The normalized spacial score (nSPS) is 15.6. The van der Waals surface area contributed by atoms with Crippen LogP contribution in [-0.2, 0) is 33.9 Å². The quantitative estimate of drug-likeness (QED) is 0.191. The monoisotopic (exact) mass is 439 g/mol. The number of rotatable bonds is 7. The third-order valence-electron chi connectivity index (χ3n) is 2.46. The van der Waals surface area contributed by atoms with Gasteiger partial charge >= 0.3 is 35.3 Å². The fourth-order valence-corrected chi connectivity index (χ4v) is 1.29. The van der Waals surface area contributed by atoms with Crippen LogP contribution in [0.5, 0.6) is 0 Å². The zero-order valence-electron chi connectivity index (χ0n) is 12.6. The number of alkyl halides is 8. The van der Waals surface area contributed by atoms with Crippen LogP contribution in [0.2, 0.25) is 0 Å². The van der Waals surface area contributed by atoms with Gasteiger partial charge in [0.2, 0.25) is 0 Å². The van der Waals surface area contributed by atoms with E-state index in [1.165, 1.54) is 0 Å². The molecule has 0 heterocycles. The van der Waals surface area contributed by atoms with E-state index in [9.17, 15) is 57.7 Å². The van der Waals surface area contributed by atoms with Gasteiger partial charge in [0, 0.05) is 0 Å². The third kappa shape index (κ3) is 5.48. The molecule has 1 unspecified atom stereocenters. The molecule has 27 heavy (non-hydrogen) atoms. The van der Waals surface area contributed by atoms with Crippen LogP contribution in [0.4, 0.5) is 35.1 Å². The Morgan fingerprint density at radius 2 is 1.48 bits per heavy atom. The molecule has 0 aliphatic carbocycles.